The highest BCUT2D eigenvalue weighted by atomic mass is 16.5. The number of aliphatic hydroxyl groups excluding tert-OH is 1. The second-order valence-corrected chi connectivity index (χ2v) is 4.65. The molecule has 0 bridgehead atoms. The lowest BCUT2D eigenvalue weighted by molar-refractivity contribution is 0.0422. The lowest BCUT2D eigenvalue weighted by Crippen LogP contribution is -2.43. The summed E-state index contributed by atoms with van der Waals surface area (Å²) in [5.41, 5.74) is -0.180. The van der Waals surface area contributed by atoms with Crippen molar-refractivity contribution in [3.8, 4) is 0 Å². The van der Waals surface area contributed by atoms with E-state index >= 15 is 0 Å². The van der Waals surface area contributed by atoms with Gasteiger partial charge in [0.1, 0.15) is 0 Å². The molecular formula is C13H29NO3. The van der Waals surface area contributed by atoms with E-state index < -0.39 is 0 Å². The lowest BCUT2D eigenvalue weighted by atomic mass is 9.97. The second kappa shape index (κ2) is 11.0. The van der Waals surface area contributed by atoms with E-state index in [2.05, 4.69) is 12.2 Å². The molecule has 0 radical (unpaired) electrons. The van der Waals surface area contributed by atoms with Crippen LogP contribution in [0.1, 0.15) is 39.5 Å². The van der Waals surface area contributed by atoms with Gasteiger partial charge in [-0.05, 0) is 33.2 Å². The Morgan fingerprint density at radius 2 is 1.65 bits per heavy atom. The fraction of sp³-hybridized carbons (Fsp3) is 1.00. The van der Waals surface area contributed by atoms with Crippen LogP contribution in [0.25, 0.3) is 0 Å². The maximum atomic E-state index is 9.19. The van der Waals surface area contributed by atoms with Gasteiger partial charge >= 0.3 is 0 Å². The summed E-state index contributed by atoms with van der Waals surface area (Å²) in [7, 11) is 1.87. The Kier molecular flexibility index (Phi) is 10.9. The highest BCUT2D eigenvalue weighted by molar-refractivity contribution is 4.79. The van der Waals surface area contributed by atoms with E-state index in [1.165, 1.54) is 6.42 Å². The minimum absolute atomic E-state index is 0.156. The molecule has 0 rings (SSSR count). The molecule has 4 heteroatoms. The highest BCUT2D eigenvalue weighted by Gasteiger charge is 2.19. The Morgan fingerprint density at radius 1 is 1.06 bits per heavy atom. The van der Waals surface area contributed by atoms with Crippen LogP contribution in [0.2, 0.25) is 0 Å². The van der Waals surface area contributed by atoms with Crippen LogP contribution in [-0.4, -0.2) is 50.7 Å². The fourth-order valence-electron chi connectivity index (χ4n) is 1.42. The molecule has 104 valence electrons. The largest absolute Gasteiger partial charge is 0.394 e. The molecule has 0 aliphatic carbocycles. The van der Waals surface area contributed by atoms with Crippen LogP contribution in [0, 0.1) is 0 Å². The number of nitrogens with one attached hydrogen (secondary N) is 1. The van der Waals surface area contributed by atoms with E-state index in [1.807, 2.05) is 14.0 Å². The summed E-state index contributed by atoms with van der Waals surface area (Å²) in [6.07, 6.45) is 4.16. The molecule has 4 nitrogen and oxygen atoms in total. The summed E-state index contributed by atoms with van der Waals surface area (Å²) in [4.78, 5) is 0. The quantitative estimate of drug-likeness (QED) is 0.514. The SMILES string of the molecule is CCCCOCCOCCCC(C)(CO)NC. The van der Waals surface area contributed by atoms with Crippen molar-refractivity contribution in [2.75, 3.05) is 40.1 Å². The van der Waals surface area contributed by atoms with Gasteiger partial charge in [-0.2, -0.15) is 0 Å². The van der Waals surface area contributed by atoms with Gasteiger partial charge in [-0.3, -0.25) is 0 Å². The molecule has 17 heavy (non-hydrogen) atoms. The first-order chi connectivity index (χ1) is 8.18. The van der Waals surface area contributed by atoms with Crippen LogP contribution < -0.4 is 5.32 Å². The summed E-state index contributed by atoms with van der Waals surface area (Å²) in [5, 5.41) is 12.3. The molecule has 0 fully saturated rings. The van der Waals surface area contributed by atoms with Crippen molar-refractivity contribution < 1.29 is 14.6 Å². The Balaban J connectivity index is 3.23. The maximum absolute atomic E-state index is 9.19. The standard InChI is InChI=1S/C13H29NO3/c1-4-5-8-16-10-11-17-9-6-7-13(2,12-15)14-3/h14-15H,4-12H2,1-3H3. The highest BCUT2D eigenvalue weighted by Crippen LogP contribution is 2.10. The summed E-state index contributed by atoms with van der Waals surface area (Å²) < 4.78 is 10.9. The van der Waals surface area contributed by atoms with Gasteiger partial charge in [0.2, 0.25) is 0 Å². The van der Waals surface area contributed by atoms with Crippen LogP contribution in [0.3, 0.4) is 0 Å². The van der Waals surface area contributed by atoms with Gasteiger partial charge in [-0.25, -0.2) is 0 Å². The first-order valence-corrected chi connectivity index (χ1v) is 6.64. The Bertz CT molecular complexity index is 161. The number of hydrogen-bond donors (Lipinski definition) is 2. The van der Waals surface area contributed by atoms with Crippen LogP contribution in [0.4, 0.5) is 0 Å². The third-order valence-corrected chi connectivity index (χ3v) is 2.98. The van der Waals surface area contributed by atoms with Crippen LogP contribution >= 0.6 is 0 Å². The average Bonchev–Trinajstić information content (AvgIpc) is 2.36. The molecule has 0 saturated heterocycles. The molecule has 0 aromatic carbocycles. The molecule has 2 N–H and O–H groups in total. The van der Waals surface area contributed by atoms with Crippen molar-refractivity contribution in [3.05, 3.63) is 0 Å². The zero-order valence-electron chi connectivity index (χ0n) is 11.6. The summed E-state index contributed by atoms with van der Waals surface area (Å²) in [6, 6.07) is 0. The average molecular weight is 247 g/mol. The van der Waals surface area contributed by atoms with Crippen LogP contribution in [0.15, 0.2) is 0 Å². The number of rotatable bonds is 12. The first-order valence-electron chi connectivity index (χ1n) is 6.64. The monoisotopic (exact) mass is 247 g/mol. The van der Waals surface area contributed by atoms with Crippen molar-refractivity contribution in [3.63, 3.8) is 0 Å². The van der Waals surface area contributed by atoms with E-state index in [0.717, 1.165) is 32.5 Å². The zero-order valence-corrected chi connectivity index (χ0v) is 11.6. The Hall–Kier alpha value is -0.160. The topological polar surface area (TPSA) is 50.7 Å². The summed E-state index contributed by atoms with van der Waals surface area (Å²) >= 11 is 0. The van der Waals surface area contributed by atoms with E-state index in [0.29, 0.717) is 13.2 Å². The van der Waals surface area contributed by atoms with Gasteiger partial charge in [-0.15, -0.1) is 0 Å². The van der Waals surface area contributed by atoms with Gasteiger partial charge in [0.15, 0.2) is 0 Å². The fourth-order valence-corrected chi connectivity index (χ4v) is 1.42. The van der Waals surface area contributed by atoms with Crippen molar-refractivity contribution in [1.82, 2.24) is 5.32 Å². The molecule has 0 heterocycles. The lowest BCUT2D eigenvalue weighted by Gasteiger charge is -2.26. The van der Waals surface area contributed by atoms with Crippen molar-refractivity contribution in [1.29, 1.82) is 0 Å². The Morgan fingerprint density at radius 3 is 2.12 bits per heavy atom. The summed E-state index contributed by atoms with van der Waals surface area (Å²) in [5.74, 6) is 0. The molecule has 0 aliphatic rings. The van der Waals surface area contributed by atoms with Crippen molar-refractivity contribution in [2.45, 2.75) is 45.1 Å². The van der Waals surface area contributed by atoms with Gasteiger partial charge in [0.25, 0.3) is 0 Å². The first kappa shape index (κ1) is 16.8. The molecule has 0 aromatic heterocycles. The molecular weight excluding hydrogens is 218 g/mol. The van der Waals surface area contributed by atoms with Crippen molar-refractivity contribution >= 4 is 0 Å². The zero-order chi connectivity index (χ0) is 13.0. The van der Waals surface area contributed by atoms with E-state index in [9.17, 15) is 5.11 Å². The van der Waals surface area contributed by atoms with E-state index in [1.54, 1.807) is 0 Å². The number of ether oxygens (including phenoxy) is 2. The van der Waals surface area contributed by atoms with Crippen LogP contribution in [0.5, 0.6) is 0 Å². The third-order valence-electron chi connectivity index (χ3n) is 2.98. The molecule has 0 aliphatic heterocycles. The normalized spacial score (nSPS) is 14.8. The van der Waals surface area contributed by atoms with Crippen LogP contribution in [-0.2, 0) is 9.47 Å². The smallest absolute Gasteiger partial charge is 0.0700 e. The van der Waals surface area contributed by atoms with Gasteiger partial charge in [0.05, 0.1) is 19.8 Å². The Labute approximate surface area is 106 Å². The van der Waals surface area contributed by atoms with E-state index in [-0.39, 0.29) is 12.1 Å². The predicted molar refractivity (Wildman–Crippen MR) is 70.3 cm³/mol. The minimum Gasteiger partial charge on any atom is -0.394 e. The molecule has 0 spiro atoms. The number of hydrogen-bond acceptors (Lipinski definition) is 4. The number of aliphatic hydroxyl groups is 1. The minimum atomic E-state index is -0.180. The molecule has 0 amide bonds. The summed E-state index contributed by atoms with van der Waals surface area (Å²) in [6.45, 7) is 7.24. The van der Waals surface area contributed by atoms with Gasteiger partial charge < -0.3 is 19.9 Å². The molecule has 1 atom stereocenters. The molecule has 0 aromatic rings. The molecule has 0 saturated carbocycles. The van der Waals surface area contributed by atoms with Gasteiger partial charge in [0, 0.05) is 18.8 Å². The van der Waals surface area contributed by atoms with Crippen molar-refractivity contribution in [2.24, 2.45) is 0 Å². The second-order valence-electron chi connectivity index (χ2n) is 4.65. The maximum Gasteiger partial charge on any atom is 0.0700 e. The van der Waals surface area contributed by atoms with E-state index in [4.69, 9.17) is 9.47 Å². The number of unbranched alkanes of at least 4 members (excludes halogenated alkanes) is 1. The molecule has 1 unspecified atom stereocenters. The van der Waals surface area contributed by atoms with Gasteiger partial charge in [-0.1, -0.05) is 13.3 Å². The predicted octanol–water partition coefficient (Wildman–Crippen LogP) is 1.57. The third kappa shape index (κ3) is 9.53. The number of likely N-dealkylation sites (N-methyl/N-ethyl adjacent to an activating group) is 1.